The van der Waals surface area contributed by atoms with Gasteiger partial charge in [-0.2, -0.15) is 10.2 Å². The molecular formula is C24H23N5O4. The molecule has 2 aliphatic heterocycles. The second-order valence-corrected chi connectivity index (χ2v) is 7.95. The standard InChI is InChI=1S/C24H23N5O4/c1-27-20-19(21(31)28(12-7-13-30)23-22(27)33-23)29(15-16-8-3-2-4-9-16)24(26-20)32-18-11-6-5-10-17(18)14-25/h2-6,8-11,22-23,30H,7,12-13,15H2,1H3. The molecule has 33 heavy (non-hydrogen) atoms. The average Bonchev–Trinajstić information content (AvgIpc) is 3.56. The van der Waals surface area contributed by atoms with Crippen LogP contribution in [0.1, 0.15) is 28.0 Å². The number of likely N-dealkylation sites (N-methyl/N-ethyl adjacent to an activating group) is 1. The van der Waals surface area contributed by atoms with E-state index in [1.165, 1.54) is 0 Å². The summed E-state index contributed by atoms with van der Waals surface area (Å²) >= 11 is 0. The molecule has 2 unspecified atom stereocenters. The number of benzene rings is 2. The van der Waals surface area contributed by atoms with Crippen LogP contribution in [0.15, 0.2) is 54.6 Å². The Balaban J connectivity index is 1.62. The summed E-state index contributed by atoms with van der Waals surface area (Å²) < 4.78 is 13.6. The van der Waals surface area contributed by atoms with E-state index in [1.54, 1.807) is 33.7 Å². The lowest BCUT2D eigenvalue weighted by Gasteiger charge is -2.20. The highest BCUT2D eigenvalue weighted by Crippen LogP contribution is 2.41. The molecule has 1 saturated heterocycles. The van der Waals surface area contributed by atoms with Crippen molar-refractivity contribution in [2.75, 3.05) is 25.1 Å². The van der Waals surface area contributed by atoms with Gasteiger partial charge in [0.05, 0.1) is 12.1 Å². The first-order valence-electron chi connectivity index (χ1n) is 10.7. The number of ether oxygens (including phenoxy) is 2. The van der Waals surface area contributed by atoms with Gasteiger partial charge in [-0.3, -0.25) is 9.36 Å². The molecule has 0 spiro atoms. The second-order valence-electron chi connectivity index (χ2n) is 7.95. The number of nitrogens with zero attached hydrogens (tertiary/aromatic N) is 5. The van der Waals surface area contributed by atoms with Gasteiger partial charge >= 0.3 is 6.01 Å². The van der Waals surface area contributed by atoms with E-state index in [9.17, 15) is 15.2 Å². The summed E-state index contributed by atoms with van der Waals surface area (Å²) in [4.78, 5) is 21.8. The third-order valence-corrected chi connectivity index (χ3v) is 5.80. The lowest BCUT2D eigenvalue weighted by Crippen LogP contribution is -2.37. The first-order valence-corrected chi connectivity index (χ1v) is 10.7. The van der Waals surface area contributed by atoms with Crippen LogP contribution in [0, 0.1) is 11.3 Å². The highest BCUT2D eigenvalue weighted by molar-refractivity contribution is 5.99. The molecule has 5 rings (SSSR count). The molecule has 1 fully saturated rings. The largest absolute Gasteiger partial charge is 0.424 e. The van der Waals surface area contributed by atoms with E-state index in [-0.39, 0.29) is 31.0 Å². The highest BCUT2D eigenvalue weighted by atomic mass is 16.6. The number of aliphatic hydroxyl groups excluding tert-OH is 1. The Kier molecular flexibility index (Phi) is 5.46. The van der Waals surface area contributed by atoms with Crippen LogP contribution in [0.3, 0.4) is 0 Å². The number of fused-ring (bicyclic) bond motifs is 2. The van der Waals surface area contributed by atoms with Crippen LogP contribution in [0.2, 0.25) is 0 Å². The van der Waals surface area contributed by atoms with E-state index in [0.29, 0.717) is 42.3 Å². The molecule has 1 aromatic heterocycles. The summed E-state index contributed by atoms with van der Waals surface area (Å²) in [5, 5.41) is 18.8. The molecule has 168 valence electrons. The summed E-state index contributed by atoms with van der Waals surface area (Å²) in [6, 6.07) is 19.0. The van der Waals surface area contributed by atoms with Gasteiger partial charge in [0.2, 0.25) is 0 Å². The molecule has 0 saturated carbocycles. The van der Waals surface area contributed by atoms with Crippen LogP contribution in [0.25, 0.3) is 0 Å². The fourth-order valence-electron chi connectivity index (χ4n) is 4.06. The first-order chi connectivity index (χ1) is 16.1. The van der Waals surface area contributed by atoms with Gasteiger partial charge in [-0.25, -0.2) is 0 Å². The number of carbonyl (C=O) groups excluding carboxylic acids is 1. The Morgan fingerprint density at radius 2 is 1.91 bits per heavy atom. The van der Waals surface area contributed by atoms with Crippen molar-refractivity contribution in [1.82, 2.24) is 14.5 Å². The van der Waals surface area contributed by atoms with Crippen LogP contribution in [0.5, 0.6) is 11.8 Å². The number of aliphatic hydroxyl groups is 1. The van der Waals surface area contributed by atoms with Crippen molar-refractivity contribution in [2.24, 2.45) is 0 Å². The van der Waals surface area contributed by atoms with Gasteiger partial charge in [-0.05, 0) is 24.1 Å². The maximum Gasteiger partial charge on any atom is 0.304 e. The molecule has 2 aromatic carbocycles. The molecule has 0 aliphatic carbocycles. The second kappa shape index (κ2) is 8.58. The van der Waals surface area contributed by atoms with Crippen molar-refractivity contribution in [1.29, 1.82) is 5.26 Å². The minimum absolute atomic E-state index is 0.0214. The van der Waals surface area contributed by atoms with Crippen molar-refractivity contribution in [3.05, 3.63) is 71.4 Å². The van der Waals surface area contributed by atoms with Gasteiger partial charge < -0.3 is 24.4 Å². The zero-order chi connectivity index (χ0) is 22.9. The number of epoxide rings is 1. The van der Waals surface area contributed by atoms with E-state index in [0.717, 1.165) is 5.56 Å². The predicted octanol–water partition coefficient (Wildman–Crippen LogP) is 2.55. The summed E-state index contributed by atoms with van der Waals surface area (Å²) in [5.74, 6) is 0.587. The summed E-state index contributed by atoms with van der Waals surface area (Å²) in [6.07, 6.45) is -0.242. The number of nitriles is 1. The van der Waals surface area contributed by atoms with Crippen molar-refractivity contribution < 1.29 is 19.4 Å². The average molecular weight is 445 g/mol. The van der Waals surface area contributed by atoms with Gasteiger partial charge in [0.25, 0.3) is 5.91 Å². The van der Waals surface area contributed by atoms with E-state index in [4.69, 9.17) is 9.47 Å². The number of amides is 1. The van der Waals surface area contributed by atoms with Crippen molar-refractivity contribution in [3.63, 3.8) is 0 Å². The first kappa shape index (κ1) is 21.0. The van der Waals surface area contributed by atoms with E-state index < -0.39 is 0 Å². The molecule has 3 aromatic rings. The van der Waals surface area contributed by atoms with Gasteiger partial charge in [0.1, 0.15) is 11.8 Å². The third-order valence-electron chi connectivity index (χ3n) is 5.80. The minimum atomic E-state index is -0.378. The van der Waals surface area contributed by atoms with Crippen LogP contribution >= 0.6 is 0 Å². The van der Waals surface area contributed by atoms with Crippen LogP contribution in [-0.4, -0.2) is 58.1 Å². The maximum atomic E-state index is 13.7. The van der Waals surface area contributed by atoms with E-state index in [1.807, 2.05) is 42.3 Å². The van der Waals surface area contributed by atoms with E-state index >= 15 is 0 Å². The van der Waals surface area contributed by atoms with Gasteiger partial charge in [0.15, 0.2) is 24.0 Å². The Labute approximate surface area is 191 Å². The van der Waals surface area contributed by atoms with Gasteiger partial charge in [0, 0.05) is 20.2 Å². The zero-order valence-electron chi connectivity index (χ0n) is 18.1. The number of rotatable bonds is 7. The number of aromatic nitrogens is 2. The quantitative estimate of drug-likeness (QED) is 0.557. The van der Waals surface area contributed by atoms with Crippen molar-refractivity contribution in [3.8, 4) is 17.8 Å². The summed E-state index contributed by atoms with van der Waals surface area (Å²) in [5.41, 5.74) is 1.73. The van der Waals surface area contributed by atoms with Gasteiger partial charge in [-0.1, -0.05) is 42.5 Å². The summed E-state index contributed by atoms with van der Waals surface area (Å²) in [7, 11) is 1.83. The van der Waals surface area contributed by atoms with Crippen LogP contribution in [-0.2, 0) is 11.3 Å². The smallest absolute Gasteiger partial charge is 0.304 e. The topological polar surface area (TPSA) is 107 Å². The van der Waals surface area contributed by atoms with Gasteiger partial charge in [-0.15, -0.1) is 0 Å². The highest BCUT2D eigenvalue weighted by Gasteiger charge is 2.53. The fraction of sp³-hybridized carbons (Fsp3) is 0.292. The lowest BCUT2D eigenvalue weighted by atomic mass is 10.2. The number of para-hydroxylation sites is 1. The predicted molar refractivity (Wildman–Crippen MR) is 119 cm³/mol. The SMILES string of the molecule is CN1c2nc(Oc3ccccc3C#N)n(Cc3ccccc3)c2C(=O)N(CCCO)C2OC21. The monoisotopic (exact) mass is 445 g/mol. The number of carbonyl (C=O) groups is 1. The Bertz CT molecular complexity index is 1220. The number of anilines is 1. The normalized spacial score (nSPS) is 18.9. The molecule has 2 atom stereocenters. The molecule has 9 heteroatoms. The number of imidazole rings is 1. The van der Waals surface area contributed by atoms with Crippen molar-refractivity contribution >= 4 is 11.7 Å². The zero-order valence-corrected chi connectivity index (χ0v) is 18.1. The van der Waals surface area contributed by atoms with Crippen LogP contribution < -0.4 is 9.64 Å². The van der Waals surface area contributed by atoms with Crippen LogP contribution in [0.4, 0.5) is 5.82 Å². The van der Waals surface area contributed by atoms with Crippen molar-refractivity contribution in [2.45, 2.75) is 25.4 Å². The molecule has 1 N–H and O–H groups in total. The van der Waals surface area contributed by atoms with E-state index in [2.05, 4.69) is 11.1 Å². The third kappa shape index (κ3) is 3.80. The Morgan fingerprint density at radius 1 is 1.15 bits per heavy atom. The molecule has 1 amide bonds. The fourth-order valence-corrected chi connectivity index (χ4v) is 4.06. The molecular weight excluding hydrogens is 422 g/mol. The number of hydrogen-bond donors (Lipinski definition) is 1. The molecule has 3 heterocycles. The lowest BCUT2D eigenvalue weighted by molar-refractivity contribution is 0.0645. The summed E-state index contributed by atoms with van der Waals surface area (Å²) in [6.45, 7) is 0.705. The number of hydrogen-bond acceptors (Lipinski definition) is 7. The Morgan fingerprint density at radius 3 is 2.67 bits per heavy atom. The molecule has 0 bridgehead atoms. The maximum absolute atomic E-state index is 13.7. The molecule has 9 nitrogen and oxygen atoms in total. The minimum Gasteiger partial charge on any atom is -0.424 e. The molecule has 0 radical (unpaired) electrons. The molecule has 2 aliphatic rings. The Hall–Kier alpha value is -3.87.